The Bertz CT molecular complexity index is 934. The van der Waals surface area contributed by atoms with Gasteiger partial charge in [-0.2, -0.15) is 0 Å². The number of aromatic nitrogens is 2. The van der Waals surface area contributed by atoms with Crippen molar-refractivity contribution in [1.82, 2.24) is 9.55 Å². The summed E-state index contributed by atoms with van der Waals surface area (Å²) in [6.07, 6.45) is 4.56. The van der Waals surface area contributed by atoms with E-state index in [2.05, 4.69) is 28.8 Å². The molecule has 0 atom stereocenters. The number of benzene rings is 2. The summed E-state index contributed by atoms with van der Waals surface area (Å²) >= 11 is 1.71. The van der Waals surface area contributed by atoms with Gasteiger partial charge in [0, 0.05) is 22.7 Å². The summed E-state index contributed by atoms with van der Waals surface area (Å²) < 4.78 is 2.30. The van der Waals surface area contributed by atoms with Crippen LogP contribution in [0.2, 0.25) is 0 Å². The first-order valence-electron chi connectivity index (χ1n) is 8.90. The van der Waals surface area contributed by atoms with Gasteiger partial charge in [-0.15, -0.1) is 0 Å². The van der Waals surface area contributed by atoms with Gasteiger partial charge in [0.15, 0.2) is 5.16 Å². The molecule has 5 heteroatoms. The number of carbonyl (C=O) groups is 1. The van der Waals surface area contributed by atoms with E-state index in [1.54, 1.807) is 17.8 Å². The summed E-state index contributed by atoms with van der Waals surface area (Å²) in [5.41, 5.74) is 10.8. The second-order valence-corrected chi connectivity index (χ2v) is 7.46. The predicted molar refractivity (Wildman–Crippen MR) is 105 cm³/mol. The van der Waals surface area contributed by atoms with E-state index in [1.807, 2.05) is 24.3 Å². The zero-order valence-corrected chi connectivity index (χ0v) is 15.3. The highest BCUT2D eigenvalue weighted by Crippen LogP contribution is 2.32. The lowest BCUT2D eigenvalue weighted by Crippen LogP contribution is -2.10. The van der Waals surface area contributed by atoms with Crippen LogP contribution >= 0.6 is 11.8 Å². The molecule has 4 rings (SSSR count). The number of hydrogen-bond donors (Lipinski definition) is 1. The summed E-state index contributed by atoms with van der Waals surface area (Å²) in [5.74, 6) is 0.363. The van der Waals surface area contributed by atoms with E-state index in [-0.39, 0.29) is 0 Å². The molecular weight excluding hydrogens is 342 g/mol. The summed E-state index contributed by atoms with van der Waals surface area (Å²) in [7, 11) is 0. The number of thioether (sulfide) groups is 1. The molecule has 3 aromatic rings. The fourth-order valence-corrected chi connectivity index (χ4v) is 4.41. The lowest BCUT2D eigenvalue weighted by Gasteiger charge is -2.15. The number of carbonyl (C=O) groups excluding carboxylic acids is 1. The SMILES string of the molecule is NC(=O)c1cccc(CSc2nc3c(n2-c2ccccc2)CCCC3)c1. The first kappa shape index (κ1) is 16.9. The third kappa shape index (κ3) is 3.40. The van der Waals surface area contributed by atoms with E-state index < -0.39 is 5.91 Å². The number of nitrogens with zero attached hydrogens (tertiary/aromatic N) is 2. The van der Waals surface area contributed by atoms with E-state index >= 15 is 0 Å². The number of hydrogen-bond acceptors (Lipinski definition) is 3. The Morgan fingerprint density at radius 2 is 1.88 bits per heavy atom. The van der Waals surface area contributed by atoms with Crippen LogP contribution in [0.5, 0.6) is 0 Å². The molecule has 132 valence electrons. The van der Waals surface area contributed by atoms with Crippen molar-refractivity contribution in [3.8, 4) is 5.69 Å². The monoisotopic (exact) mass is 363 g/mol. The Morgan fingerprint density at radius 1 is 1.08 bits per heavy atom. The number of para-hydroxylation sites is 1. The van der Waals surface area contributed by atoms with Crippen molar-refractivity contribution in [2.24, 2.45) is 5.73 Å². The first-order chi connectivity index (χ1) is 12.7. The van der Waals surface area contributed by atoms with Gasteiger partial charge in [-0.05, 0) is 55.5 Å². The fraction of sp³-hybridized carbons (Fsp3) is 0.238. The Balaban J connectivity index is 1.65. The normalized spacial score (nSPS) is 13.4. The number of fused-ring (bicyclic) bond motifs is 1. The Kier molecular flexibility index (Phi) is 4.80. The molecule has 0 aliphatic heterocycles. The van der Waals surface area contributed by atoms with Crippen molar-refractivity contribution in [2.75, 3.05) is 0 Å². The Labute approximate surface area is 157 Å². The maximum atomic E-state index is 11.4. The molecule has 0 saturated carbocycles. The van der Waals surface area contributed by atoms with E-state index in [0.29, 0.717) is 5.56 Å². The topological polar surface area (TPSA) is 60.9 Å². The second-order valence-electron chi connectivity index (χ2n) is 6.52. The summed E-state index contributed by atoms with van der Waals surface area (Å²) in [6.45, 7) is 0. The standard InChI is InChI=1S/C21H21N3OS/c22-20(25)16-8-6-7-15(13-16)14-26-21-23-18-11-4-5-12-19(18)24(21)17-9-2-1-3-10-17/h1-3,6-10,13H,4-5,11-12,14H2,(H2,22,25). The lowest BCUT2D eigenvalue weighted by molar-refractivity contribution is 0.1000. The van der Waals surface area contributed by atoms with Gasteiger partial charge >= 0.3 is 0 Å². The smallest absolute Gasteiger partial charge is 0.248 e. The number of rotatable bonds is 5. The summed E-state index contributed by atoms with van der Waals surface area (Å²) in [5, 5.41) is 1.02. The van der Waals surface area contributed by atoms with Crippen LogP contribution in [0.3, 0.4) is 0 Å². The highest BCUT2D eigenvalue weighted by atomic mass is 32.2. The van der Waals surface area contributed by atoms with Crippen molar-refractivity contribution < 1.29 is 4.79 Å². The molecule has 1 aromatic heterocycles. The van der Waals surface area contributed by atoms with Crippen LogP contribution in [0.1, 0.15) is 40.2 Å². The minimum absolute atomic E-state index is 0.391. The van der Waals surface area contributed by atoms with Gasteiger partial charge in [-0.1, -0.05) is 42.1 Å². The number of imidazole rings is 1. The van der Waals surface area contributed by atoms with Crippen LogP contribution in [-0.2, 0) is 18.6 Å². The zero-order valence-electron chi connectivity index (χ0n) is 14.5. The van der Waals surface area contributed by atoms with Crippen molar-refractivity contribution in [1.29, 1.82) is 0 Å². The molecule has 1 amide bonds. The molecule has 0 fully saturated rings. The Hall–Kier alpha value is -2.53. The van der Waals surface area contributed by atoms with Crippen LogP contribution < -0.4 is 5.73 Å². The third-order valence-corrected chi connectivity index (χ3v) is 5.71. The molecule has 26 heavy (non-hydrogen) atoms. The first-order valence-corrected chi connectivity index (χ1v) is 9.88. The number of primary amides is 1. The van der Waals surface area contributed by atoms with Gasteiger partial charge in [0.05, 0.1) is 5.69 Å². The molecule has 0 radical (unpaired) electrons. The summed E-state index contributed by atoms with van der Waals surface area (Å²) in [6, 6.07) is 18.0. The molecule has 1 heterocycles. The van der Waals surface area contributed by atoms with Crippen molar-refractivity contribution >= 4 is 17.7 Å². The van der Waals surface area contributed by atoms with Gasteiger partial charge in [0.25, 0.3) is 0 Å². The fourth-order valence-electron chi connectivity index (χ4n) is 3.42. The van der Waals surface area contributed by atoms with Gasteiger partial charge in [0.2, 0.25) is 5.91 Å². The van der Waals surface area contributed by atoms with E-state index in [0.717, 1.165) is 35.0 Å². The molecule has 1 aliphatic carbocycles. The third-order valence-electron chi connectivity index (χ3n) is 4.70. The minimum Gasteiger partial charge on any atom is -0.366 e. The highest BCUT2D eigenvalue weighted by Gasteiger charge is 2.21. The van der Waals surface area contributed by atoms with Crippen molar-refractivity contribution in [2.45, 2.75) is 36.6 Å². The molecule has 2 aromatic carbocycles. The highest BCUT2D eigenvalue weighted by molar-refractivity contribution is 7.98. The molecule has 0 bridgehead atoms. The van der Waals surface area contributed by atoms with Crippen molar-refractivity contribution in [3.63, 3.8) is 0 Å². The quantitative estimate of drug-likeness (QED) is 0.693. The largest absolute Gasteiger partial charge is 0.366 e. The number of amides is 1. The zero-order chi connectivity index (χ0) is 17.9. The van der Waals surface area contributed by atoms with Crippen LogP contribution in [0.25, 0.3) is 5.69 Å². The minimum atomic E-state index is -0.391. The molecule has 0 spiro atoms. The molecule has 2 N–H and O–H groups in total. The van der Waals surface area contributed by atoms with E-state index in [9.17, 15) is 4.79 Å². The maximum Gasteiger partial charge on any atom is 0.248 e. The molecule has 0 unspecified atom stereocenters. The summed E-state index contributed by atoms with van der Waals surface area (Å²) in [4.78, 5) is 16.3. The average Bonchev–Trinajstić information content (AvgIpc) is 3.05. The lowest BCUT2D eigenvalue weighted by atomic mass is 10.0. The molecule has 1 aliphatic rings. The van der Waals surface area contributed by atoms with Gasteiger partial charge < -0.3 is 5.73 Å². The van der Waals surface area contributed by atoms with E-state index in [4.69, 9.17) is 10.7 Å². The molecule has 0 saturated heterocycles. The van der Waals surface area contributed by atoms with Gasteiger partial charge in [-0.3, -0.25) is 9.36 Å². The van der Waals surface area contributed by atoms with Gasteiger partial charge in [0.1, 0.15) is 0 Å². The van der Waals surface area contributed by atoms with Crippen LogP contribution in [0.15, 0.2) is 59.8 Å². The Morgan fingerprint density at radius 3 is 2.69 bits per heavy atom. The molecular formula is C21H21N3OS. The predicted octanol–water partition coefficient (Wildman–Crippen LogP) is 4.14. The van der Waals surface area contributed by atoms with Crippen molar-refractivity contribution in [3.05, 3.63) is 77.1 Å². The number of nitrogens with two attached hydrogens (primary N) is 1. The van der Waals surface area contributed by atoms with E-state index in [1.165, 1.54) is 24.2 Å². The van der Waals surface area contributed by atoms with Crippen LogP contribution in [0.4, 0.5) is 0 Å². The van der Waals surface area contributed by atoms with Crippen LogP contribution in [0, 0.1) is 0 Å². The molecule has 4 nitrogen and oxygen atoms in total. The maximum absolute atomic E-state index is 11.4. The van der Waals surface area contributed by atoms with Gasteiger partial charge in [-0.25, -0.2) is 4.98 Å². The average molecular weight is 363 g/mol. The van der Waals surface area contributed by atoms with Crippen LogP contribution in [-0.4, -0.2) is 15.5 Å². The second kappa shape index (κ2) is 7.38. The number of aryl methyl sites for hydroxylation is 1.